The number of carboxylic acids is 1. The fourth-order valence-corrected chi connectivity index (χ4v) is 3.29. The predicted octanol–water partition coefficient (Wildman–Crippen LogP) is 2.97. The van der Waals surface area contributed by atoms with E-state index in [1.54, 1.807) is 12.1 Å². The third-order valence-electron chi connectivity index (χ3n) is 4.47. The zero-order chi connectivity index (χ0) is 18.0. The fraction of sp³-hybridized carbons (Fsp3) is 0.300. The number of fused-ring (bicyclic) bond motifs is 1. The average Bonchev–Trinajstić information content (AvgIpc) is 2.59. The molecule has 0 saturated carbocycles. The number of rotatable bonds is 4. The second-order valence-corrected chi connectivity index (χ2v) is 6.37. The highest BCUT2D eigenvalue weighted by molar-refractivity contribution is 5.95. The minimum Gasteiger partial charge on any atom is -0.481 e. The molecule has 5 nitrogen and oxygen atoms in total. The van der Waals surface area contributed by atoms with Crippen LogP contribution in [0.1, 0.15) is 32.6 Å². The molecule has 1 aliphatic rings. The molecule has 2 aromatic carbocycles. The molecule has 0 bridgehead atoms. The summed E-state index contributed by atoms with van der Waals surface area (Å²) in [4.78, 5) is 25.4. The van der Waals surface area contributed by atoms with Crippen LogP contribution in [-0.2, 0) is 17.8 Å². The summed E-state index contributed by atoms with van der Waals surface area (Å²) < 4.78 is 5.33. The Morgan fingerprint density at radius 2 is 1.76 bits per heavy atom. The van der Waals surface area contributed by atoms with Crippen molar-refractivity contribution in [3.63, 3.8) is 0 Å². The summed E-state index contributed by atoms with van der Waals surface area (Å²) in [6.45, 7) is 4.58. The summed E-state index contributed by atoms with van der Waals surface area (Å²) in [6.07, 6.45) is 0.861. The molecule has 130 valence electrons. The Bertz CT molecular complexity index is 805. The van der Waals surface area contributed by atoms with Crippen molar-refractivity contribution in [3.05, 3.63) is 64.2 Å². The molecule has 25 heavy (non-hydrogen) atoms. The second-order valence-electron chi connectivity index (χ2n) is 6.37. The third kappa shape index (κ3) is 3.65. The van der Waals surface area contributed by atoms with Crippen molar-refractivity contribution < 1.29 is 19.4 Å². The van der Waals surface area contributed by atoms with E-state index in [0.717, 1.165) is 17.5 Å². The van der Waals surface area contributed by atoms with Crippen molar-refractivity contribution in [2.45, 2.75) is 26.8 Å². The van der Waals surface area contributed by atoms with E-state index in [4.69, 9.17) is 9.84 Å². The maximum Gasteiger partial charge on any atom is 0.341 e. The molecule has 0 spiro atoms. The molecule has 1 amide bonds. The number of amides is 1. The summed E-state index contributed by atoms with van der Waals surface area (Å²) in [5.74, 6) is -0.501. The molecule has 0 atom stereocenters. The van der Waals surface area contributed by atoms with Crippen LogP contribution in [0.3, 0.4) is 0 Å². The zero-order valence-corrected chi connectivity index (χ0v) is 14.4. The first-order chi connectivity index (χ1) is 12.0. The lowest BCUT2D eigenvalue weighted by Crippen LogP contribution is -2.36. The predicted molar refractivity (Wildman–Crippen MR) is 93.9 cm³/mol. The van der Waals surface area contributed by atoms with Gasteiger partial charge < -0.3 is 14.7 Å². The maximum absolute atomic E-state index is 12.9. The zero-order valence-electron chi connectivity index (χ0n) is 14.4. The van der Waals surface area contributed by atoms with Gasteiger partial charge in [0, 0.05) is 18.7 Å². The van der Waals surface area contributed by atoms with E-state index < -0.39 is 12.6 Å². The quantitative estimate of drug-likeness (QED) is 0.930. The van der Waals surface area contributed by atoms with Crippen LogP contribution >= 0.6 is 0 Å². The van der Waals surface area contributed by atoms with Gasteiger partial charge in [0.25, 0.3) is 5.91 Å². The van der Waals surface area contributed by atoms with E-state index in [-0.39, 0.29) is 5.91 Å². The number of aryl methyl sites for hydroxylation is 2. The lowest BCUT2D eigenvalue weighted by molar-refractivity contribution is -0.139. The summed E-state index contributed by atoms with van der Waals surface area (Å²) in [7, 11) is 0. The smallest absolute Gasteiger partial charge is 0.341 e. The minimum absolute atomic E-state index is 0.00881. The molecule has 1 N–H and O–H groups in total. The van der Waals surface area contributed by atoms with Gasteiger partial charge in [-0.2, -0.15) is 0 Å². The van der Waals surface area contributed by atoms with Crippen LogP contribution in [0.5, 0.6) is 5.75 Å². The highest BCUT2D eigenvalue weighted by Crippen LogP contribution is 2.27. The normalized spacial score (nSPS) is 13.3. The first kappa shape index (κ1) is 17.0. The standard InChI is InChI=1S/C20H21NO4/c1-13-9-17(10-14(2)19(13)25-12-18(22)23)20(24)21-8-7-15-5-3-4-6-16(15)11-21/h3-6,9-10H,7-8,11-12H2,1-2H3,(H,22,23). The molecule has 0 aromatic heterocycles. The monoisotopic (exact) mass is 339 g/mol. The van der Waals surface area contributed by atoms with Crippen LogP contribution in [0, 0.1) is 13.8 Å². The van der Waals surface area contributed by atoms with Gasteiger partial charge in [-0.25, -0.2) is 4.79 Å². The van der Waals surface area contributed by atoms with E-state index in [9.17, 15) is 9.59 Å². The first-order valence-electron chi connectivity index (χ1n) is 8.27. The summed E-state index contributed by atoms with van der Waals surface area (Å²) >= 11 is 0. The van der Waals surface area contributed by atoms with Crippen molar-refractivity contribution in [1.29, 1.82) is 0 Å². The Labute approximate surface area is 146 Å². The highest BCUT2D eigenvalue weighted by Gasteiger charge is 2.22. The first-order valence-corrected chi connectivity index (χ1v) is 8.27. The van der Waals surface area contributed by atoms with Crippen molar-refractivity contribution in [2.24, 2.45) is 0 Å². The topological polar surface area (TPSA) is 66.8 Å². The van der Waals surface area contributed by atoms with Gasteiger partial charge in [0.2, 0.25) is 0 Å². The van der Waals surface area contributed by atoms with Gasteiger partial charge in [0.1, 0.15) is 5.75 Å². The summed E-state index contributed by atoms with van der Waals surface area (Å²) in [5, 5.41) is 8.76. The van der Waals surface area contributed by atoms with Crippen LogP contribution in [0.4, 0.5) is 0 Å². The highest BCUT2D eigenvalue weighted by atomic mass is 16.5. The minimum atomic E-state index is -1.02. The second kappa shape index (κ2) is 6.97. The molecule has 1 heterocycles. The summed E-state index contributed by atoms with van der Waals surface area (Å²) in [6, 6.07) is 11.7. The van der Waals surface area contributed by atoms with Gasteiger partial charge in [-0.15, -0.1) is 0 Å². The van der Waals surface area contributed by atoms with Crippen LogP contribution < -0.4 is 4.74 Å². The van der Waals surface area contributed by atoms with E-state index in [0.29, 0.717) is 24.4 Å². The number of benzene rings is 2. The third-order valence-corrected chi connectivity index (χ3v) is 4.47. The lowest BCUT2D eigenvalue weighted by Gasteiger charge is -2.29. The van der Waals surface area contributed by atoms with Gasteiger partial charge in [-0.1, -0.05) is 24.3 Å². The molecule has 0 radical (unpaired) electrons. The Morgan fingerprint density at radius 3 is 2.40 bits per heavy atom. The van der Waals surface area contributed by atoms with E-state index in [1.165, 1.54) is 11.1 Å². The SMILES string of the molecule is Cc1cc(C(=O)N2CCc3ccccc3C2)cc(C)c1OCC(=O)O. The largest absolute Gasteiger partial charge is 0.481 e. The van der Waals surface area contributed by atoms with Gasteiger partial charge in [0.05, 0.1) is 0 Å². The molecule has 1 aliphatic heterocycles. The Morgan fingerprint density at radius 1 is 1.12 bits per heavy atom. The number of hydrogen-bond donors (Lipinski definition) is 1. The lowest BCUT2D eigenvalue weighted by atomic mass is 9.98. The average molecular weight is 339 g/mol. The van der Waals surface area contributed by atoms with Crippen molar-refractivity contribution >= 4 is 11.9 Å². The van der Waals surface area contributed by atoms with Gasteiger partial charge >= 0.3 is 5.97 Å². The van der Waals surface area contributed by atoms with Crippen molar-refractivity contribution in [3.8, 4) is 5.75 Å². The molecular formula is C20H21NO4. The molecule has 2 aromatic rings. The molecule has 0 unspecified atom stereocenters. The number of carbonyl (C=O) groups excluding carboxylic acids is 1. The Kier molecular flexibility index (Phi) is 4.74. The molecule has 5 heteroatoms. The number of carbonyl (C=O) groups is 2. The molecule has 0 aliphatic carbocycles. The van der Waals surface area contributed by atoms with E-state index in [2.05, 4.69) is 12.1 Å². The number of ether oxygens (including phenoxy) is 1. The molecule has 0 fully saturated rings. The summed E-state index contributed by atoms with van der Waals surface area (Å²) in [5.41, 5.74) is 4.63. The number of aliphatic carboxylic acids is 1. The van der Waals surface area contributed by atoms with Crippen LogP contribution in [0.2, 0.25) is 0 Å². The van der Waals surface area contributed by atoms with Crippen LogP contribution in [0.25, 0.3) is 0 Å². The van der Waals surface area contributed by atoms with E-state index in [1.807, 2.05) is 30.9 Å². The van der Waals surface area contributed by atoms with Crippen molar-refractivity contribution in [2.75, 3.05) is 13.2 Å². The number of carboxylic acid groups (broad SMARTS) is 1. The molecule has 0 saturated heterocycles. The fourth-order valence-electron chi connectivity index (χ4n) is 3.29. The van der Waals surface area contributed by atoms with Crippen molar-refractivity contribution in [1.82, 2.24) is 4.90 Å². The number of hydrogen-bond acceptors (Lipinski definition) is 3. The van der Waals surface area contributed by atoms with Gasteiger partial charge in [0.15, 0.2) is 6.61 Å². The Hall–Kier alpha value is -2.82. The number of nitrogens with zero attached hydrogens (tertiary/aromatic N) is 1. The van der Waals surface area contributed by atoms with Crippen LogP contribution in [-0.4, -0.2) is 35.0 Å². The van der Waals surface area contributed by atoms with E-state index >= 15 is 0 Å². The van der Waals surface area contributed by atoms with Gasteiger partial charge in [-0.3, -0.25) is 4.79 Å². The van der Waals surface area contributed by atoms with Gasteiger partial charge in [-0.05, 0) is 54.7 Å². The maximum atomic E-state index is 12.9. The van der Waals surface area contributed by atoms with Crippen LogP contribution in [0.15, 0.2) is 36.4 Å². The molecular weight excluding hydrogens is 318 g/mol. The Balaban J connectivity index is 1.80. The molecule has 3 rings (SSSR count).